The van der Waals surface area contributed by atoms with E-state index < -0.39 is 18.1 Å². The van der Waals surface area contributed by atoms with Gasteiger partial charge in [-0.15, -0.1) is 0 Å². The lowest BCUT2D eigenvalue weighted by Gasteiger charge is -2.24. The highest BCUT2D eigenvalue weighted by Gasteiger charge is 2.55. The van der Waals surface area contributed by atoms with E-state index in [0.29, 0.717) is 17.0 Å². The summed E-state index contributed by atoms with van der Waals surface area (Å²) in [6.45, 7) is 3.82. The van der Waals surface area contributed by atoms with E-state index in [1.165, 1.54) is 6.33 Å². The molecule has 4 rings (SSSR count). The number of rotatable bonds is 3. The minimum atomic E-state index is -0.754. The van der Waals surface area contributed by atoms with Gasteiger partial charge in [0.15, 0.2) is 23.5 Å². The molecule has 2 N–H and O–H groups in total. The predicted molar refractivity (Wildman–Crippen MR) is 81.5 cm³/mol. The fourth-order valence-corrected chi connectivity index (χ4v) is 3.20. The van der Waals surface area contributed by atoms with Crippen LogP contribution in [0.15, 0.2) is 17.8 Å². The molecule has 2 aromatic rings. The van der Waals surface area contributed by atoms with Crippen LogP contribution in [0.4, 0.5) is 5.82 Å². The lowest BCUT2D eigenvalue weighted by molar-refractivity contribution is -0.195. The Morgan fingerprint density at radius 1 is 1.33 bits per heavy atom. The van der Waals surface area contributed by atoms with Gasteiger partial charge in [-0.25, -0.2) is 15.0 Å². The Morgan fingerprint density at radius 3 is 2.92 bits per heavy atom. The first-order valence-corrected chi connectivity index (χ1v) is 7.45. The van der Waals surface area contributed by atoms with Gasteiger partial charge in [0, 0.05) is 4.91 Å². The monoisotopic (exact) mass is 332 g/mol. The number of aromatic nitrogens is 4. The molecule has 4 unspecified atom stereocenters. The van der Waals surface area contributed by atoms with E-state index in [0.717, 1.165) is 0 Å². The Hall–Kier alpha value is -2.46. The number of nitrogens with two attached hydrogens (primary N) is 1. The highest BCUT2D eigenvalue weighted by Crippen LogP contribution is 2.43. The van der Waals surface area contributed by atoms with Crippen LogP contribution in [0.25, 0.3) is 21.6 Å². The lowest BCUT2D eigenvalue weighted by Crippen LogP contribution is -2.31. The van der Waals surface area contributed by atoms with Crippen LogP contribution < -0.4 is 5.73 Å². The average molecular weight is 332 g/mol. The second-order valence-corrected chi connectivity index (χ2v) is 6.13. The lowest BCUT2D eigenvalue weighted by atomic mass is 10.1. The van der Waals surface area contributed by atoms with Gasteiger partial charge in [0.25, 0.3) is 0 Å². The molecule has 4 atom stereocenters. The van der Waals surface area contributed by atoms with E-state index in [1.807, 2.05) is 13.8 Å². The van der Waals surface area contributed by atoms with Crippen LogP contribution in [0.2, 0.25) is 0 Å². The molecule has 24 heavy (non-hydrogen) atoms. The van der Waals surface area contributed by atoms with E-state index in [-0.39, 0.29) is 18.8 Å². The van der Waals surface area contributed by atoms with Gasteiger partial charge >= 0.3 is 0 Å². The molecule has 2 saturated heterocycles. The molecule has 0 saturated carbocycles. The van der Waals surface area contributed by atoms with E-state index in [2.05, 4.69) is 25.0 Å². The first kappa shape index (κ1) is 15.1. The van der Waals surface area contributed by atoms with E-state index in [9.17, 15) is 0 Å². The van der Waals surface area contributed by atoms with Crippen molar-refractivity contribution in [2.24, 2.45) is 5.11 Å². The van der Waals surface area contributed by atoms with Crippen LogP contribution in [-0.2, 0) is 14.2 Å². The van der Waals surface area contributed by atoms with Crippen molar-refractivity contribution in [3.8, 4) is 0 Å². The molecule has 2 aliphatic rings. The van der Waals surface area contributed by atoms with E-state index in [4.69, 9.17) is 25.5 Å². The first-order valence-electron chi connectivity index (χ1n) is 7.45. The molecule has 2 aliphatic heterocycles. The summed E-state index contributed by atoms with van der Waals surface area (Å²) in [5.74, 6) is -0.459. The highest BCUT2D eigenvalue weighted by molar-refractivity contribution is 5.81. The molecule has 2 aromatic heterocycles. The molecule has 0 amide bonds. The molecule has 11 heteroatoms. The maximum atomic E-state index is 8.58. The summed E-state index contributed by atoms with van der Waals surface area (Å²) in [6, 6.07) is 0. The van der Waals surface area contributed by atoms with Crippen molar-refractivity contribution >= 4 is 17.0 Å². The van der Waals surface area contributed by atoms with Gasteiger partial charge in [0.05, 0.1) is 19.0 Å². The van der Waals surface area contributed by atoms with Crippen LogP contribution in [0.1, 0.15) is 20.1 Å². The van der Waals surface area contributed by atoms with Crippen molar-refractivity contribution in [1.29, 1.82) is 0 Å². The second kappa shape index (κ2) is 5.28. The summed E-state index contributed by atoms with van der Waals surface area (Å²) in [4.78, 5) is 15.2. The van der Waals surface area contributed by atoms with Gasteiger partial charge in [0.2, 0.25) is 0 Å². The zero-order chi connectivity index (χ0) is 16.9. The largest absolute Gasteiger partial charge is 0.382 e. The van der Waals surface area contributed by atoms with Crippen LogP contribution in [0.3, 0.4) is 0 Å². The van der Waals surface area contributed by atoms with Crippen molar-refractivity contribution in [1.82, 2.24) is 19.5 Å². The summed E-state index contributed by atoms with van der Waals surface area (Å²) in [6.07, 6.45) is 1.28. The number of anilines is 1. The van der Waals surface area contributed by atoms with Gasteiger partial charge in [0.1, 0.15) is 24.1 Å². The number of hydrogen-bond donors (Lipinski definition) is 1. The van der Waals surface area contributed by atoms with Crippen molar-refractivity contribution in [3.05, 3.63) is 23.1 Å². The van der Waals surface area contributed by atoms with Crippen molar-refractivity contribution in [2.75, 3.05) is 12.3 Å². The quantitative estimate of drug-likeness (QED) is 0.503. The summed E-state index contributed by atoms with van der Waals surface area (Å²) >= 11 is 0. The highest BCUT2D eigenvalue weighted by atomic mass is 16.8. The minimum absolute atomic E-state index is 0.150. The standard InChI is InChI=1S/C13H16N8O3/c1-13(2)23-8-6(3-19-20-15)22-12(9(8)24-13)21-5-18-7-10(14)16-4-17-11(7)21/h4-6,8-9,12H,3H2,1-2H3,(H2,14,16,17). The summed E-state index contributed by atoms with van der Waals surface area (Å²) in [5, 5.41) is 3.60. The Labute approximate surface area is 136 Å². The molecule has 126 valence electrons. The third-order valence-electron chi connectivity index (χ3n) is 4.11. The molecule has 0 radical (unpaired) electrons. The van der Waals surface area contributed by atoms with Crippen LogP contribution in [0, 0.1) is 0 Å². The van der Waals surface area contributed by atoms with Crippen LogP contribution in [-0.4, -0.2) is 50.2 Å². The topological polar surface area (TPSA) is 146 Å². The Bertz CT molecular complexity index is 830. The maximum absolute atomic E-state index is 8.58. The van der Waals surface area contributed by atoms with Crippen LogP contribution in [0.5, 0.6) is 0 Å². The number of ether oxygens (including phenoxy) is 3. The number of nitrogen functional groups attached to an aromatic ring is 1. The van der Waals surface area contributed by atoms with Crippen molar-refractivity contribution < 1.29 is 14.2 Å². The molecule has 0 aliphatic carbocycles. The van der Waals surface area contributed by atoms with Gasteiger partial charge < -0.3 is 19.9 Å². The van der Waals surface area contributed by atoms with Crippen molar-refractivity contribution in [2.45, 2.75) is 44.2 Å². The molecule has 11 nitrogen and oxygen atoms in total. The summed E-state index contributed by atoms with van der Waals surface area (Å²) in [7, 11) is 0. The number of azide groups is 1. The number of nitrogens with zero attached hydrogens (tertiary/aromatic N) is 7. The fourth-order valence-electron chi connectivity index (χ4n) is 3.20. The first-order chi connectivity index (χ1) is 11.5. The molecule has 0 aromatic carbocycles. The van der Waals surface area contributed by atoms with E-state index in [1.54, 1.807) is 10.9 Å². The summed E-state index contributed by atoms with van der Waals surface area (Å²) < 4.78 is 19.7. The van der Waals surface area contributed by atoms with Gasteiger partial charge in [-0.2, -0.15) is 0 Å². The maximum Gasteiger partial charge on any atom is 0.167 e. The Balaban J connectivity index is 1.74. The molecule has 2 fully saturated rings. The smallest absolute Gasteiger partial charge is 0.167 e. The number of hydrogen-bond acceptors (Lipinski definition) is 8. The average Bonchev–Trinajstić information content (AvgIpc) is 3.17. The predicted octanol–water partition coefficient (Wildman–Crippen LogP) is 1.14. The Morgan fingerprint density at radius 2 is 2.12 bits per heavy atom. The normalized spacial score (nSPS) is 31.1. The zero-order valence-corrected chi connectivity index (χ0v) is 13.1. The zero-order valence-electron chi connectivity index (χ0n) is 13.1. The molecule has 0 spiro atoms. The van der Waals surface area contributed by atoms with E-state index >= 15 is 0 Å². The molecular formula is C13H16N8O3. The van der Waals surface area contributed by atoms with Crippen LogP contribution >= 0.6 is 0 Å². The Kier molecular flexibility index (Phi) is 3.32. The third kappa shape index (κ3) is 2.26. The minimum Gasteiger partial charge on any atom is -0.382 e. The van der Waals surface area contributed by atoms with Crippen molar-refractivity contribution in [3.63, 3.8) is 0 Å². The molecular weight excluding hydrogens is 316 g/mol. The van der Waals surface area contributed by atoms with Gasteiger partial charge in [-0.3, -0.25) is 4.57 Å². The fraction of sp³-hybridized carbons (Fsp3) is 0.615. The summed E-state index contributed by atoms with van der Waals surface area (Å²) in [5.41, 5.74) is 15.4. The number of imidazole rings is 1. The number of fused-ring (bicyclic) bond motifs is 2. The SMILES string of the molecule is CC1(C)OC2C(CN=[N+]=[N-])OC(n3cnc4c(N)ncnc43)C2O1. The third-order valence-corrected chi connectivity index (χ3v) is 4.11. The van der Waals surface area contributed by atoms with Gasteiger partial charge in [-0.05, 0) is 19.4 Å². The molecule has 0 bridgehead atoms. The van der Waals surface area contributed by atoms with Gasteiger partial charge in [-0.1, -0.05) is 5.11 Å². The molecule has 4 heterocycles. The second-order valence-electron chi connectivity index (χ2n) is 6.13.